The minimum absolute atomic E-state index is 0.0912. The first-order chi connectivity index (χ1) is 9.21. The smallest absolute Gasteiger partial charge is 0.255 e. The quantitative estimate of drug-likeness (QED) is 0.846. The van der Waals surface area contributed by atoms with Crippen LogP contribution in [0.2, 0.25) is 0 Å². The van der Waals surface area contributed by atoms with Crippen LogP contribution < -0.4 is 10.1 Å². The summed E-state index contributed by atoms with van der Waals surface area (Å²) in [7, 11) is 1.55. The van der Waals surface area contributed by atoms with Crippen molar-refractivity contribution < 1.29 is 9.53 Å². The van der Waals surface area contributed by atoms with Crippen LogP contribution in [0.4, 0.5) is 0 Å². The van der Waals surface area contributed by atoms with E-state index in [1.54, 1.807) is 25.6 Å². The molecule has 1 heterocycles. The molecule has 0 radical (unpaired) electrons. The number of hydrogen-bond donors (Lipinski definition) is 1. The molecule has 4 nitrogen and oxygen atoms in total. The Kier molecular flexibility index (Phi) is 4.80. The third kappa shape index (κ3) is 3.26. The van der Waals surface area contributed by atoms with Gasteiger partial charge < -0.3 is 10.1 Å². The van der Waals surface area contributed by atoms with Gasteiger partial charge in [-0.2, -0.15) is 0 Å². The Hall–Kier alpha value is -1.10. The number of amides is 1. The number of halogens is 1. The Morgan fingerprint density at radius 2 is 2.26 bits per heavy atom. The fraction of sp³-hybridized carbons (Fsp3) is 0.571. The van der Waals surface area contributed by atoms with Crippen molar-refractivity contribution in [3.05, 3.63) is 24.0 Å². The van der Waals surface area contributed by atoms with Crippen molar-refractivity contribution in [1.82, 2.24) is 10.3 Å². The van der Waals surface area contributed by atoms with Crippen LogP contribution in [0.1, 0.15) is 36.0 Å². The molecule has 0 unspecified atom stereocenters. The number of carbonyl (C=O) groups excluding carboxylic acids is 1. The molecule has 1 aromatic heterocycles. The summed E-state index contributed by atoms with van der Waals surface area (Å²) in [6.07, 6.45) is 8.01. The first-order valence-electron chi connectivity index (χ1n) is 6.53. The molecular weight excluding hydrogens is 308 g/mol. The summed E-state index contributed by atoms with van der Waals surface area (Å²) in [4.78, 5) is 16.2. The molecule has 5 heteroatoms. The molecule has 1 aliphatic carbocycles. The van der Waals surface area contributed by atoms with Crippen molar-refractivity contribution in [2.45, 2.75) is 25.7 Å². The maximum atomic E-state index is 12.2. The molecule has 1 aromatic rings. The van der Waals surface area contributed by atoms with Gasteiger partial charge in [0.25, 0.3) is 5.91 Å². The van der Waals surface area contributed by atoms with Gasteiger partial charge in [-0.15, -0.1) is 0 Å². The lowest BCUT2D eigenvalue weighted by Crippen LogP contribution is -2.37. The number of nitrogens with one attached hydrogen (secondary N) is 1. The summed E-state index contributed by atoms with van der Waals surface area (Å²) < 4.78 is 5.16. The van der Waals surface area contributed by atoms with Crippen LogP contribution >= 0.6 is 15.9 Å². The highest BCUT2D eigenvalue weighted by atomic mass is 79.9. The van der Waals surface area contributed by atoms with E-state index in [0.29, 0.717) is 17.9 Å². The van der Waals surface area contributed by atoms with Crippen molar-refractivity contribution in [1.29, 1.82) is 0 Å². The minimum Gasteiger partial charge on any atom is -0.494 e. The molecule has 1 aliphatic rings. The van der Waals surface area contributed by atoms with Crippen molar-refractivity contribution in [2.75, 3.05) is 19.0 Å². The number of ether oxygens (including phenoxy) is 1. The topological polar surface area (TPSA) is 51.2 Å². The Balaban J connectivity index is 2.01. The molecule has 1 N–H and O–H groups in total. The van der Waals surface area contributed by atoms with Gasteiger partial charge in [0.15, 0.2) is 0 Å². The van der Waals surface area contributed by atoms with Crippen LogP contribution in [-0.2, 0) is 0 Å². The molecule has 0 bridgehead atoms. The zero-order chi connectivity index (χ0) is 13.7. The third-order valence-electron chi connectivity index (χ3n) is 3.82. The predicted molar refractivity (Wildman–Crippen MR) is 77.8 cm³/mol. The first-order valence-corrected chi connectivity index (χ1v) is 7.65. The highest BCUT2D eigenvalue weighted by Crippen LogP contribution is 2.39. The molecule has 0 saturated heterocycles. The van der Waals surface area contributed by atoms with Crippen LogP contribution in [0.5, 0.6) is 5.75 Å². The number of aromatic nitrogens is 1. The first kappa shape index (κ1) is 14.3. The maximum Gasteiger partial charge on any atom is 0.255 e. The van der Waals surface area contributed by atoms with Gasteiger partial charge in [-0.1, -0.05) is 28.8 Å². The molecule has 19 heavy (non-hydrogen) atoms. The molecule has 1 fully saturated rings. The number of hydrogen-bond acceptors (Lipinski definition) is 3. The molecular formula is C14H19BrN2O2. The number of nitrogens with zero attached hydrogens (tertiary/aromatic N) is 1. The monoisotopic (exact) mass is 326 g/mol. The van der Waals surface area contributed by atoms with E-state index in [4.69, 9.17) is 4.74 Å². The maximum absolute atomic E-state index is 12.2. The Morgan fingerprint density at radius 3 is 2.89 bits per heavy atom. The zero-order valence-electron chi connectivity index (χ0n) is 11.1. The molecule has 104 valence electrons. The standard InChI is InChI=1S/C14H19BrN2O2/c1-19-12-8-16-7-4-11(12)13(18)17-10-14(9-15)5-2-3-6-14/h4,7-8H,2-3,5-6,9-10H2,1H3,(H,17,18). The van der Waals surface area contributed by atoms with Gasteiger partial charge >= 0.3 is 0 Å². The second-order valence-corrected chi connectivity index (χ2v) is 5.66. The average molecular weight is 327 g/mol. The van der Waals surface area contributed by atoms with Crippen molar-refractivity contribution in [2.24, 2.45) is 5.41 Å². The third-order valence-corrected chi connectivity index (χ3v) is 5.01. The van der Waals surface area contributed by atoms with E-state index < -0.39 is 0 Å². The van der Waals surface area contributed by atoms with Crippen LogP contribution in [0.25, 0.3) is 0 Å². The highest BCUT2D eigenvalue weighted by Gasteiger charge is 2.33. The van der Waals surface area contributed by atoms with Crippen LogP contribution in [-0.4, -0.2) is 29.9 Å². The normalized spacial score (nSPS) is 17.2. The van der Waals surface area contributed by atoms with E-state index in [9.17, 15) is 4.79 Å². The van der Waals surface area contributed by atoms with Gasteiger partial charge in [-0.05, 0) is 24.3 Å². The van der Waals surface area contributed by atoms with Gasteiger partial charge in [0.05, 0.1) is 18.9 Å². The number of alkyl halides is 1. The van der Waals surface area contributed by atoms with E-state index in [2.05, 4.69) is 26.2 Å². The number of rotatable bonds is 5. The Labute approximate surface area is 122 Å². The van der Waals surface area contributed by atoms with Crippen molar-refractivity contribution in [3.8, 4) is 5.75 Å². The molecule has 1 amide bonds. The Bertz CT molecular complexity index is 445. The summed E-state index contributed by atoms with van der Waals surface area (Å²) in [5.41, 5.74) is 0.760. The molecule has 0 spiro atoms. The Morgan fingerprint density at radius 1 is 1.53 bits per heavy atom. The lowest BCUT2D eigenvalue weighted by molar-refractivity contribution is 0.0932. The molecule has 1 saturated carbocycles. The summed E-state index contributed by atoms with van der Waals surface area (Å²) in [6, 6.07) is 1.68. The molecule has 0 aromatic carbocycles. The minimum atomic E-state index is -0.0912. The fourth-order valence-electron chi connectivity index (χ4n) is 2.58. The molecule has 0 aliphatic heterocycles. The SMILES string of the molecule is COc1cnccc1C(=O)NCC1(CBr)CCCC1. The largest absolute Gasteiger partial charge is 0.494 e. The second-order valence-electron chi connectivity index (χ2n) is 5.10. The molecule has 2 rings (SSSR count). The number of pyridine rings is 1. The van der Waals surface area contributed by atoms with Gasteiger partial charge in [-0.25, -0.2) is 0 Å². The van der Waals surface area contributed by atoms with Crippen molar-refractivity contribution in [3.63, 3.8) is 0 Å². The van der Waals surface area contributed by atoms with E-state index in [0.717, 1.165) is 5.33 Å². The second kappa shape index (κ2) is 6.37. The van der Waals surface area contributed by atoms with E-state index in [-0.39, 0.29) is 11.3 Å². The predicted octanol–water partition coefficient (Wildman–Crippen LogP) is 2.78. The number of methoxy groups -OCH3 is 1. The highest BCUT2D eigenvalue weighted by molar-refractivity contribution is 9.09. The van der Waals surface area contributed by atoms with Gasteiger partial charge in [0.2, 0.25) is 0 Å². The van der Waals surface area contributed by atoms with E-state index in [1.165, 1.54) is 25.7 Å². The number of carbonyl (C=O) groups is 1. The van der Waals surface area contributed by atoms with Crippen molar-refractivity contribution >= 4 is 21.8 Å². The molecule has 0 atom stereocenters. The van der Waals surface area contributed by atoms with Crippen LogP contribution in [0.15, 0.2) is 18.5 Å². The van der Waals surface area contributed by atoms with Gasteiger partial charge in [0.1, 0.15) is 5.75 Å². The van der Waals surface area contributed by atoms with E-state index in [1.807, 2.05) is 0 Å². The zero-order valence-corrected chi connectivity index (χ0v) is 12.7. The lowest BCUT2D eigenvalue weighted by atomic mass is 9.89. The van der Waals surface area contributed by atoms with Gasteiger partial charge in [-0.3, -0.25) is 9.78 Å². The van der Waals surface area contributed by atoms with Crippen LogP contribution in [0, 0.1) is 5.41 Å². The van der Waals surface area contributed by atoms with Gasteiger partial charge in [0, 0.05) is 18.1 Å². The van der Waals surface area contributed by atoms with Crippen LogP contribution in [0.3, 0.4) is 0 Å². The summed E-state index contributed by atoms with van der Waals surface area (Å²) in [6.45, 7) is 0.711. The average Bonchev–Trinajstić information content (AvgIpc) is 2.94. The summed E-state index contributed by atoms with van der Waals surface area (Å²) >= 11 is 3.58. The van der Waals surface area contributed by atoms with E-state index >= 15 is 0 Å². The fourth-order valence-corrected chi connectivity index (χ4v) is 3.33. The summed E-state index contributed by atoms with van der Waals surface area (Å²) in [5, 5.41) is 3.97. The lowest BCUT2D eigenvalue weighted by Gasteiger charge is -2.26. The summed E-state index contributed by atoms with van der Waals surface area (Å²) in [5.74, 6) is 0.422.